The number of hydrogen-bond acceptors (Lipinski definition) is 1. The lowest BCUT2D eigenvalue weighted by Gasteiger charge is -2.40. The van der Waals surface area contributed by atoms with Crippen LogP contribution >= 0.6 is 0 Å². The molecule has 0 spiro atoms. The van der Waals surface area contributed by atoms with Crippen molar-refractivity contribution >= 4 is 0 Å². The van der Waals surface area contributed by atoms with Crippen molar-refractivity contribution in [1.29, 1.82) is 0 Å². The number of hydrogen-bond donors (Lipinski definition) is 1. The monoisotopic (exact) mass is 287 g/mol. The van der Waals surface area contributed by atoms with Crippen LogP contribution in [0.3, 0.4) is 0 Å². The molecule has 1 fully saturated rings. The van der Waals surface area contributed by atoms with Gasteiger partial charge >= 0.3 is 0 Å². The second kappa shape index (κ2) is 4.84. The van der Waals surface area contributed by atoms with E-state index in [0.29, 0.717) is 0 Å². The lowest BCUT2D eigenvalue weighted by Crippen LogP contribution is -2.44. The van der Waals surface area contributed by atoms with E-state index in [2.05, 4.69) is 85.0 Å². The summed E-state index contributed by atoms with van der Waals surface area (Å²) in [5, 5.41) is 3.84. The Hall–Kier alpha value is -0.820. The number of benzene rings is 1. The average Bonchev–Trinajstić information content (AvgIpc) is 3.06. The third kappa shape index (κ3) is 3.34. The van der Waals surface area contributed by atoms with Crippen molar-refractivity contribution in [2.45, 2.75) is 84.7 Å². The number of nitrogens with one attached hydrogen (secondary N) is 1. The Kier molecular flexibility index (Phi) is 3.82. The first-order chi connectivity index (χ1) is 9.37. The lowest BCUT2D eigenvalue weighted by molar-refractivity contribution is 0.225. The minimum Gasteiger partial charge on any atom is -0.303 e. The molecule has 1 saturated carbocycles. The first kappa shape index (κ1) is 16.5. The van der Waals surface area contributed by atoms with Gasteiger partial charge in [0.05, 0.1) is 0 Å². The fourth-order valence-corrected chi connectivity index (χ4v) is 2.97. The molecule has 2 rings (SSSR count). The van der Waals surface area contributed by atoms with E-state index >= 15 is 0 Å². The molecule has 1 aromatic rings. The topological polar surface area (TPSA) is 12.0 Å². The van der Waals surface area contributed by atoms with Crippen molar-refractivity contribution in [3.63, 3.8) is 0 Å². The van der Waals surface area contributed by atoms with Gasteiger partial charge in [-0.25, -0.2) is 0 Å². The molecular weight excluding hydrogens is 254 g/mol. The predicted octanol–water partition coefficient (Wildman–Crippen LogP) is 5.39. The van der Waals surface area contributed by atoms with E-state index in [4.69, 9.17) is 0 Å². The third-order valence-corrected chi connectivity index (χ3v) is 5.38. The van der Waals surface area contributed by atoms with Crippen LogP contribution in [0.1, 0.15) is 79.4 Å². The van der Waals surface area contributed by atoms with Gasteiger partial charge < -0.3 is 5.32 Å². The molecule has 21 heavy (non-hydrogen) atoms. The lowest BCUT2D eigenvalue weighted by atomic mass is 9.65. The Balaban J connectivity index is 2.36. The molecule has 1 heteroatoms. The fourth-order valence-electron chi connectivity index (χ4n) is 2.97. The van der Waals surface area contributed by atoms with Crippen LogP contribution in [0.15, 0.2) is 24.3 Å². The highest BCUT2D eigenvalue weighted by Crippen LogP contribution is 2.48. The zero-order valence-corrected chi connectivity index (χ0v) is 15.2. The summed E-state index contributed by atoms with van der Waals surface area (Å²) in [5.41, 5.74) is 3.70. The van der Waals surface area contributed by atoms with Crippen LogP contribution in [0.25, 0.3) is 0 Å². The van der Waals surface area contributed by atoms with E-state index in [9.17, 15) is 0 Å². The summed E-state index contributed by atoms with van der Waals surface area (Å²) in [6.07, 6.45) is 2.51. The molecule has 0 radical (unpaired) electrons. The van der Waals surface area contributed by atoms with Gasteiger partial charge in [0.15, 0.2) is 0 Å². The predicted molar refractivity (Wildman–Crippen MR) is 92.7 cm³/mol. The molecular formula is C20H33N. The third-order valence-electron chi connectivity index (χ3n) is 5.38. The maximum Gasteiger partial charge on any atom is 0.0440 e. The van der Waals surface area contributed by atoms with E-state index in [1.54, 1.807) is 0 Å². The summed E-state index contributed by atoms with van der Waals surface area (Å²) >= 11 is 0. The molecule has 0 heterocycles. The van der Waals surface area contributed by atoms with E-state index in [-0.39, 0.29) is 21.9 Å². The van der Waals surface area contributed by atoms with Crippen LogP contribution in [0.2, 0.25) is 0 Å². The van der Waals surface area contributed by atoms with Crippen molar-refractivity contribution in [1.82, 2.24) is 5.32 Å². The van der Waals surface area contributed by atoms with E-state index < -0.39 is 0 Å². The smallest absolute Gasteiger partial charge is 0.0440 e. The van der Waals surface area contributed by atoms with Gasteiger partial charge in [0, 0.05) is 11.1 Å². The van der Waals surface area contributed by atoms with Crippen LogP contribution < -0.4 is 5.32 Å². The fraction of sp³-hybridized carbons (Fsp3) is 0.700. The highest BCUT2D eigenvalue weighted by Gasteiger charge is 2.46. The molecule has 0 amide bonds. The quantitative estimate of drug-likeness (QED) is 0.786. The van der Waals surface area contributed by atoms with Gasteiger partial charge in [-0.05, 0) is 55.6 Å². The molecule has 1 nitrogen and oxygen atoms in total. The van der Waals surface area contributed by atoms with Crippen molar-refractivity contribution in [2.75, 3.05) is 0 Å². The SMILES string of the molecule is CC(C)(C)NC1(c2cccc(C(C)(C)C(C)(C)C)c2)CC1. The molecule has 118 valence electrons. The standard InChI is InChI=1S/C20H33N/c1-17(2,3)19(7,8)15-10-9-11-16(14-15)20(12-13-20)21-18(4,5)6/h9-11,14,21H,12-13H2,1-8H3. The molecule has 0 atom stereocenters. The summed E-state index contributed by atoms with van der Waals surface area (Å²) in [5.74, 6) is 0. The average molecular weight is 287 g/mol. The minimum absolute atomic E-state index is 0.159. The highest BCUT2D eigenvalue weighted by atomic mass is 15.1. The maximum absolute atomic E-state index is 3.84. The number of rotatable bonds is 3. The van der Waals surface area contributed by atoms with Gasteiger partial charge in [-0.1, -0.05) is 58.9 Å². The summed E-state index contributed by atoms with van der Waals surface area (Å²) in [6, 6.07) is 9.27. The zero-order valence-electron chi connectivity index (χ0n) is 15.2. The second-order valence-corrected chi connectivity index (χ2v) is 9.41. The molecule has 0 aliphatic heterocycles. The molecule has 0 unspecified atom stereocenters. The van der Waals surface area contributed by atoms with Gasteiger partial charge in [0.2, 0.25) is 0 Å². The van der Waals surface area contributed by atoms with Gasteiger partial charge in [-0.2, -0.15) is 0 Å². The van der Waals surface area contributed by atoms with Gasteiger partial charge in [0.1, 0.15) is 0 Å². The highest BCUT2D eigenvalue weighted by molar-refractivity contribution is 5.38. The van der Waals surface area contributed by atoms with E-state index in [1.165, 1.54) is 24.0 Å². The van der Waals surface area contributed by atoms with E-state index in [1.807, 2.05) is 0 Å². The first-order valence-corrected chi connectivity index (χ1v) is 8.28. The van der Waals surface area contributed by atoms with Crippen molar-refractivity contribution in [3.8, 4) is 0 Å². The molecule has 1 N–H and O–H groups in total. The Labute approximate surface area is 131 Å². The van der Waals surface area contributed by atoms with E-state index in [0.717, 1.165) is 0 Å². The van der Waals surface area contributed by atoms with Crippen molar-refractivity contribution < 1.29 is 0 Å². The van der Waals surface area contributed by atoms with Crippen molar-refractivity contribution in [2.24, 2.45) is 5.41 Å². The summed E-state index contributed by atoms with van der Waals surface area (Å²) in [7, 11) is 0. The Bertz CT molecular complexity index is 507. The Morgan fingerprint density at radius 2 is 1.48 bits per heavy atom. The molecule has 0 aromatic heterocycles. The van der Waals surface area contributed by atoms with Crippen LogP contribution in [0.5, 0.6) is 0 Å². The minimum atomic E-state index is 0.159. The Morgan fingerprint density at radius 3 is 1.90 bits per heavy atom. The molecule has 1 aromatic carbocycles. The molecule has 1 aliphatic carbocycles. The normalized spacial score (nSPS) is 18.7. The second-order valence-electron chi connectivity index (χ2n) is 9.41. The largest absolute Gasteiger partial charge is 0.303 e. The van der Waals surface area contributed by atoms with Gasteiger partial charge in [0.25, 0.3) is 0 Å². The zero-order chi connectivity index (χ0) is 16.1. The molecule has 1 aliphatic rings. The Morgan fingerprint density at radius 1 is 0.905 bits per heavy atom. The van der Waals surface area contributed by atoms with Crippen LogP contribution in [-0.4, -0.2) is 5.54 Å². The van der Waals surface area contributed by atoms with Gasteiger partial charge in [-0.3, -0.25) is 0 Å². The van der Waals surface area contributed by atoms with Crippen molar-refractivity contribution in [3.05, 3.63) is 35.4 Å². The van der Waals surface area contributed by atoms with Crippen LogP contribution in [0, 0.1) is 5.41 Å². The molecule has 0 saturated heterocycles. The van der Waals surface area contributed by atoms with Crippen LogP contribution in [0.4, 0.5) is 0 Å². The summed E-state index contributed by atoms with van der Waals surface area (Å²) < 4.78 is 0. The van der Waals surface area contributed by atoms with Gasteiger partial charge in [-0.15, -0.1) is 0 Å². The molecule has 0 bridgehead atoms. The summed E-state index contributed by atoms with van der Waals surface area (Å²) in [4.78, 5) is 0. The maximum atomic E-state index is 3.84. The van der Waals surface area contributed by atoms with Crippen LogP contribution in [-0.2, 0) is 11.0 Å². The summed E-state index contributed by atoms with van der Waals surface area (Å²) in [6.45, 7) is 18.5. The first-order valence-electron chi connectivity index (χ1n) is 8.28.